The molecule has 4 aromatic rings. The average molecular weight is 600 g/mol. The second-order valence-electron chi connectivity index (χ2n) is 8.68. The third-order valence-electron chi connectivity index (χ3n) is 5.83. The number of aryl methyl sites for hydroxylation is 2. The number of hydrogen-bond acceptors (Lipinski definition) is 6. The van der Waals surface area contributed by atoms with Crippen molar-refractivity contribution in [2.24, 2.45) is 0 Å². The third-order valence-corrected chi connectivity index (χ3v) is 6.81. The highest BCUT2D eigenvalue weighted by Crippen LogP contribution is 2.37. The monoisotopic (exact) mass is 599 g/mol. The second-order valence-corrected chi connectivity index (χ2v) is 10.2. The fourth-order valence-corrected chi connectivity index (χ4v) is 4.50. The summed E-state index contributed by atoms with van der Waals surface area (Å²) in [4.78, 5) is 16.0. The van der Waals surface area contributed by atoms with Crippen molar-refractivity contribution in [3.05, 3.63) is 83.2 Å². The highest BCUT2D eigenvalue weighted by Gasteiger charge is 2.48. The Morgan fingerprint density at radius 3 is 2.20 bits per heavy atom. The zero-order valence-corrected chi connectivity index (χ0v) is 21.9. The third kappa shape index (κ3) is 5.89. The van der Waals surface area contributed by atoms with Gasteiger partial charge in [0.25, 0.3) is 0 Å². The summed E-state index contributed by atoms with van der Waals surface area (Å²) in [5.41, 5.74) is -6.15. The molecular weight excluding hydrogens is 580 g/mol. The van der Waals surface area contributed by atoms with Crippen molar-refractivity contribution >= 4 is 16.1 Å². The maximum Gasteiger partial charge on any atom is 0.534 e. The van der Waals surface area contributed by atoms with Gasteiger partial charge in [0.05, 0.1) is 11.4 Å². The molecule has 0 saturated carbocycles. The molecular formula is C26H19F6N3O5S. The van der Waals surface area contributed by atoms with Crippen molar-refractivity contribution in [3.8, 4) is 34.0 Å². The highest BCUT2D eigenvalue weighted by molar-refractivity contribution is 7.88. The molecule has 0 aliphatic heterocycles. The van der Waals surface area contributed by atoms with Crippen LogP contribution in [0.1, 0.15) is 34.2 Å². The van der Waals surface area contributed by atoms with E-state index in [9.17, 15) is 44.7 Å². The van der Waals surface area contributed by atoms with Gasteiger partial charge in [-0.3, -0.25) is 0 Å². The first-order valence-electron chi connectivity index (χ1n) is 11.7. The fourth-order valence-electron chi connectivity index (χ4n) is 4.04. The van der Waals surface area contributed by atoms with Crippen LogP contribution in [0.3, 0.4) is 0 Å². The van der Waals surface area contributed by atoms with E-state index in [4.69, 9.17) is 0 Å². The van der Waals surface area contributed by atoms with E-state index < -0.39 is 44.8 Å². The molecule has 2 heterocycles. The normalized spacial score (nSPS) is 12.4. The Bertz CT molecular complexity index is 1730. The minimum absolute atomic E-state index is 0.0799. The number of benzene rings is 2. The first-order valence-corrected chi connectivity index (χ1v) is 13.1. The standard InChI is InChI=1S/C26H19F6N3O5S/c1-3-19-22(24(36)37)23(25(27,28)29)35(34-19)21-6-4-5-20(33-21)18-13-14(2)7-12-17(18)15-8-10-16(11-9-15)40-41(38,39)26(30,31)32/h4-13H,3H2,1-2H3,(H,36,37). The van der Waals surface area contributed by atoms with Crippen LogP contribution in [0.5, 0.6) is 5.75 Å². The maximum absolute atomic E-state index is 14.0. The van der Waals surface area contributed by atoms with Crippen molar-refractivity contribution in [1.29, 1.82) is 0 Å². The van der Waals surface area contributed by atoms with Crippen LogP contribution >= 0.6 is 0 Å². The van der Waals surface area contributed by atoms with Gasteiger partial charge in [-0.2, -0.15) is 39.9 Å². The Morgan fingerprint density at radius 2 is 1.63 bits per heavy atom. The van der Waals surface area contributed by atoms with Crippen molar-refractivity contribution in [1.82, 2.24) is 14.8 Å². The summed E-state index contributed by atoms with van der Waals surface area (Å²) in [6, 6.07) is 13.8. The maximum atomic E-state index is 14.0. The van der Waals surface area contributed by atoms with Crippen LogP contribution in [0.4, 0.5) is 26.3 Å². The summed E-state index contributed by atoms with van der Waals surface area (Å²) in [6.07, 6.45) is -5.15. The van der Waals surface area contributed by atoms with Crippen LogP contribution in [0.15, 0.2) is 60.7 Å². The molecule has 2 aromatic carbocycles. The van der Waals surface area contributed by atoms with Gasteiger partial charge in [-0.1, -0.05) is 42.8 Å². The van der Waals surface area contributed by atoms with Gasteiger partial charge in [0, 0.05) is 5.56 Å². The minimum Gasteiger partial charge on any atom is -0.478 e. The van der Waals surface area contributed by atoms with Crippen LogP contribution < -0.4 is 4.18 Å². The molecule has 0 atom stereocenters. The number of aromatic nitrogens is 3. The lowest BCUT2D eigenvalue weighted by Crippen LogP contribution is -2.28. The Labute approximate surface area is 229 Å². The number of hydrogen-bond donors (Lipinski definition) is 1. The van der Waals surface area contributed by atoms with Gasteiger partial charge in [-0.25, -0.2) is 14.5 Å². The van der Waals surface area contributed by atoms with E-state index in [1.54, 1.807) is 25.1 Å². The minimum atomic E-state index is -5.87. The van der Waals surface area contributed by atoms with Gasteiger partial charge >= 0.3 is 27.8 Å². The van der Waals surface area contributed by atoms with Crippen LogP contribution in [-0.2, 0) is 22.7 Å². The van der Waals surface area contributed by atoms with Gasteiger partial charge in [0.2, 0.25) is 0 Å². The fraction of sp³-hybridized carbons (Fsp3) is 0.192. The Morgan fingerprint density at radius 1 is 0.976 bits per heavy atom. The number of aromatic carboxylic acids is 1. The Kier molecular flexibility index (Phi) is 7.60. The van der Waals surface area contributed by atoms with Crippen LogP contribution in [0.2, 0.25) is 0 Å². The molecule has 0 aliphatic carbocycles. The Hall–Kier alpha value is -4.40. The van der Waals surface area contributed by atoms with E-state index in [0.29, 0.717) is 21.4 Å². The van der Waals surface area contributed by atoms with Gasteiger partial charge in [0.15, 0.2) is 11.5 Å². The molecule has 1 N–H and O–H groups in total. The summed E-state index contributed by atoms with van der Waals surface area (Å²) >= 11 is 0. The first-order chi connectivity index (χ1) is 19.0. The molecule has 2 aromatic heterocycles. The molecule has 0 bridgehead atoms. The lowest BCUT2D eigenvalue weighted by atomic mass is 9.95. The van der Waals surface area contributed by atoms with E-state index >= 15 is 0 Å². The summed E-state index contributed by atoms with van der Waals surface area (Å²) in [5.74, 6) is -2.67. The number of rotatable bonds is 7. The van der Waals surface area contributed by atoms with Crippen molar-refractivity contribution in [2.75, 3.05) is 0 Å². The first kappa shape index (κ1) is 29.6. The smallest absolute Gasteiger partial charge is 0.478 e. The number of halogens is 6. The van der Waals surface area contributed by atoms with Crippen LogP contribution in [-0.4, -0.2) is 39.8 Å². The van der Waals surface area contributed by atoms with E-state index in [1.165, 1.54) is 37.3 Å². The van der Waals surface area contributed by atoms with Gasteiger partial charge in [-0.05, 0) is 54.8 Å². The number of nitrogens with zero attached hydrogens (tertiary/aromatic N) is 3. The predicted octanol–water partition coefficient (Wildman–Crippen LogP) is 6.42. The summed E-state index contributed by atoms with van der Waals surface area (Å²) in [5, 5.41) is 13.4. The molecule has 0 fully saturated rings. The molecule has 0 amide bonds. The van der Waals surface area contributed by atoms with E-state index in [2.05, 4.69) is 14.3 Å². The van der Waals surface area contributed by atoms with E-state index in [1.807, 2.05) is 0 Å². The number of carboxylic acids is 1. The Balaban J connectivity index is 1.81. The largest absolute Gasteiger partial charge is 0.534 e. The number of carbonyl (C=O) groups is 1. The molecule has 4 rings (SSSR count). The van der Waals surface area contributed by atoms with Gasteiger partial charge < -0.3 is 9.29 Å². The van der Waals surface area contributed by atoms with Gasteiger partial charge in [0.1, 0.15) is 11.3 Å². The van der Waals surface area contributed by atoms with Crippen LogP contribution in [0.25, 0.3) is 28.2 Å². The van der Waals surface area contributed by atoms with Crippen molar-refractivity contribution < 1.29 is 48.8 Å². The molecule has 0 saturated heterocycles. The molecule has 0 spiro atoms. The lowest BCUT2D eigenvalue weighted by Gasteiger charge is -2.14. The second kappa shape index (κ2) is 10.5. The zero-order valence-electron chi connectivity index (χ0n) is 21.1. The van der Waals surface area contributed by atoms with E-state index in [-0.39, 0.29) is 23.6 Å². The number of carboxylic acid groups (broad SMARTS) is 1. The number of alkyl halides is 6. The number of pyridine rings is 1. The predicted molar refractivity (Wildman–Crippen MR) is 134 cm³/mol. The SMILES string of the molecule is CCc1nn(-c2cccc(-c3cc(C)ccc3-c3ccc(OS(=O)(=O)C(F)(F)F)cc3)n2)c(C(F)(F)F)c1C(=O)O. The molecule has 216 valence electrons. The van der Waals surface area contributed by atoms with Crippen molar-refractivity contribution in [2.45, 2.75) is 32.0 Å². The summed E-state index contributed by atoms with van der Waals surface area (Å²) in [7, 11) is -5.87. The lowest BCUT2D eigenvalue weighted by molar-refractivity contribution is -0.143. The molecule has 8 nitrogen and oxygen atoms in total. The molecule has 15 heteroatoms. The average Bonchev–Trinajstić information content (AvgIpc) is 3.30. The zero-order chi connectivity index (χ0) is 30.3. The van der Waals surface area contributed by atoms with Gasteiger partial charge in [-0.15, -0.1) is 0 Å². The van der Waals surface area contributed by atoms with Crippen LogP contribution in [0, 0.1) is 6.92 Å². The molecule has 0 unspecified atom stereocenters. The molecule has 0 aliphatic rings. The molecule has 0 radical (unpaired) electrons. The highest BCUT2D eigenvalue weighted by atomic mass is 32.2. The summed E-state index contributed by atoms with van der Waals surface area (Å²) in [6.45, 7) is 3.22. The summed E-state index contributed by atoms with van der Waals surface area (Å²) < 4.78 is 107. The topological polar surface area (TPSA) is 111 Å². The quantitative estimate of drug-likeness (QED) is 0.148. The van der Waals surface area contributed by atoms with Crippen molar-refractivity contribution in [3.63, 3.8) is 0 Å². The van der Waals surface area contributed by atoms with E-state index in [0.717, 1.165) is 17.7 Å². The molecule has 41 heavy (non-hydrogen) atoms.